The summed E-state index contributed by atoms with van der Waals surface area (Å²) in [5.74, 6) is -1.18. The van der Waals surface area contributed by atoms with Crippen molar-refractivity contribution in [3.05, 3.63) is 108 Å². The van der Waals surface area contributed by atoms with Crippen LogP contribution in [0.5, 0.6) is 5.75 Å². The molecular formula is C30H30N2O7S2. The van der Waals surface area contributed by atoms with Crippen LogP contribution >= 0.6 is 10.8 Å². The second-order valence-electron chi connectivity index (χ2n) is 9.41. The molecule has 2 amide bonds. The number of carbonyl (C=O) groups is 3. The molecule has 0 bridgehead atoms. The summed E-state index contributed by atoms with van der Waals surface area (Å²) in [7, 11) is -1.94. The number of rotatable bonds is 12. The van der Waals surface area contributed by atoms with Gasteiger partial charge in [0.2, 0.25) is 20.7 Å². The van der Waals surface area contributed by atoms with Crippen molar-refractivity contribution in [3.8, 4) is 5.75 Å². The van der Waals surface area contributed by atoms with Crippen LogP contribution in [-0.2, 0) is 41.0 Å². The van der Waals surface area contributed by atoms with Gasteiger partial charge < -0.3 is 19.7 Å². The van der Waals surface area contributed by atoms with E-state index in [1.807, 2.05) is 6.07 Å². The number of methoxy groups -OCH3 is 1. The van der Waals surface area contributed by atoms with Crippen LogP contribution in [0.2, 0.25) is 0 Å². The van der Waals surface area contributed by atoms with Crippen LogP contribution in [0.3, 0.4) is 0 Å². The predicted octanol–water partition coefficient (Wildman–Crippen LogP) is 3.70. The van der Waals surface area contributed by atoms with E-state index in [1.54, 1.807) is 80.8 Å². The number of benzene rings is 3. The Morgan fingerprint density at radius 1 is 0.976 bits per heavy atom. The fourth-order valence-corrected chi connectivity index (χ4v) is 7.81. The van der Waals surface area contributed by atoms with Crippen LogP contribution < -0.4 is 10.1 Å². The Kier molecular flexibility index (Phi) is 9.51. The third-order valence-corrected chi connectivity index (χ3v) is 10.1. The van der Waals surface area contributed by atoms with Crippen molar-refractivity contribution in [1.82, 2.24) is 10.2 Å². The molecule has 3 aromatic rings. The number of carbonyl (C=O) groups excluding carboxylic acids is 3. The van der Waals surface area contributed by atoms with Gasteiger partial charge in [-0.05, 0) is 47.9 Å². The zero-order valence-corrected chi connectivity index (χ0v) is 24.2. The second-order valence-corrected chi connectivity index (χ2v) is 13.4. The van der Waals surface area contributed by atoms with E-state index in [-0.39, 0.29) is 23.5 Å². The number of nitrogens with one attached hydrogen (secondary N) is 1. The number of ether oxygens (including phenoxy) is 2. The Labute approximate surface area is 242 Å². The van der Waals surface area contributed by atoms with E-state index in [0.29, 0.717) is 22.1 Å². The Morgan fingerprint density at radius 2 is 1.59 bits per heavy atom. The summed E-state index contributed by atoms with van der Waals surface area (Å²) in [5.41, 5.74) is 1.71. The van der Waals surface area contributed by atoms with Crippen LogP contribution in [0.1, 0.15) is 18.1 Å². The summed E-state index contributed by atoms with van der Waals surface area (Å²) in [6, 6.07) is 21.2. The van der Waals surface area contributed by atoms with Gasteiger partial charge in [0.25, 0.3) is 0 Å². The Balaban J connectivity index is 1.56. The number of β-lactam (4-membered cyclic amide) rings is 1. The van der Waals surface area contributed by atoms with Crippen LogP contribution in [0, 0.1) is 0 Å². The predicted molar refractivity (Wildman–Crippen MR) is 155 cm³/mol. The first-order chi connectivity index (χ1) is 19.6. The molecule has 1 saturated heterocycles. The number of hydrogen-bond acceptors (Lipinski definition) is 8. The van der Waals surface area contributed by atoms with E-state index in [0.717, 1.165) is 10.5 Å². The number of hydrogen-bond donors (Lipinski definition) is 1. The van der Waals surface area contributed by atoms with Crippen LogP contribution in [0.15, 0.2) is 102 Å². The smallest absolute Gasteiger partial charge is 0.333 e. The normalized spacial score (nSPS) is 17.2. The maximum atomic E-state index is 13.4. The Bertz CT molecular complexity index is 1510. The van der Waals surface area contributed by atoms with Gasteiger partial charge in [-0.15, -0.1) is 0 Å². The third kappa shape index (κ3) is 7.17. The summed E-state index contributed by atoms with van der Waals surface area (Å²) in [5, 5.41) is 1.55. The van der Waals surface area contributed by atoms with Gasteiger partial charge in [0.05, 0.1) is 18.4 Å². The van der Waals surface area contributed by atoms with Crippen LogP contribution in [-0.4, -0.2) is 55.7 Å². The fourth-order valence-electron chi connectivity index (χ4n) is 4.28. The van der Waals surface area contributed by atoms with Crippen molar-refractivity contribution in [3.63, 3.8) is 0 Å². The molecule has 1 N–H and O–H groups in total. The van der Waals surface area contributed by atoms with Gasteiger partial charge in [-0.3, -0.25) is 9.59 Å². The minimum absolute atomic E-state index is 0.00125. The molecule has 1 unspecified atom stereocenters. The molecule has 214 valence electrons. The van der Waals surface area contributed by atoms with E-state index in [2.05, 4.69) is 11.9 Å². The lowest BCUT2D eigenvalue weighted by molar-refractivity contribution is -0.163. The van der Waals surface area contributed by atoms with Crippen molar-refractivity contribution >= 4 is 37.4 Å². The molecule has 0 aliphatic carbocycles. The van der Waals surface area contributed by atoms with Gasteiger partial charge in [0, 0.05) is 10.8 Å². The number of likely N-dealkylation sites (tertiary alicyclic amines) is 1. The minimum Gasteiger partial charge on any atom is -0.497 e. The highest BCUT2D eigenvalue weighted by Crippen LogP contribution is 2.39. The molecule has 9 nitrogen and oxygen atoms in total. The van der Waals surface area contributed by atoms with E-state index < -0.39 is 44.1 Å². The first kappa shape index (κ1) is 29.9. The van der Waals surface area contributed by atoms with E-state index in [1.165, 1.54) is 12.1 Å². The molecule has 41 heavy (non-hydrogen) atoms. The van der Waals surface area contributed by atoms with Gasteiger partial charge in [0.1, 0.15) is 23.8 Å². The second kappa shape index (κ2) is 13.0. The molecule has 11 heteroatoms. The van der Waals surface area contributed by atoms with Crippen LogP contribution in [0.25, 0.3) is 0 Å². The minimum atomic E-state index is -3.97. The zero-order chi connectivity index (χ0) is 29.6. The van der Waals surface area contributed by atoms with Crippen molar-refractivity contribution in [2.75, 3.05) is 7.11 Å². The van der Waals surface area contributed by atoms with Gasteiger partial charge in [-0.25, -0.2) is 13.2 Å². The lowest BCUT2D eigenvalue weighted by atomic mass is 9.99. The van der Waals surface area contributed by atoms with Gasteiger partial charge in [-0.2, -0.15) is 0 Å². The summed E-state index contributed by atoms with van der Waals surface area (Å²) >= 11 is 0. The number of nitrogens with zero attached hydrogens (tertiary/aromatic N) is 1. The summed E-state index contributed by atoms with van der Waals surface area (Å²) < 4.78 is 37.2. The van der Waals surface area contributed by atoms with Crippen molar-refractivity contribution in [2.24, 2.45) is 0 Å². The quantitative estimate of drug-likeness (QED) is 0.146. The van der Waals surface area contributed by atoms with E-state index >= 15 is 0 Å². The summed E-state index contributed by atoms with van der Waals surface area (Å²) in [6.07, 6.45) is 0.00125. The van der Waals surface area contributed by atoms with Gasteiger partial charge >= 0.3 is 5.97 Å². The van der Waals surface area contributed by atoms with E-state index in [4.69, 9.17) is 9.47 Å². The maximum Gasteiger partial charge on any atom is 0.333 e. The Morgan fingerprint density at radius 3 is 2.17 bits per heavy atom. The standard InChI is InChI=1S/C30H30N2O7S2/c1-20(2)27(30(35)39-19-22-14-16-23(38-3)17-15-22)32-28(34)26(31-25(33)18-21-10-6-4-7-11-21)29(32)40-41(36,37)24-12-8-5-9-13-24/h4-17,26-27,29H,1,18-19H2,2-3H3,(H,31,33)/t26-,27?,29-/m1/s1. The lowest BCUT2D eigenvalue weighted by Gasteiger charge is -2.49. The lowest BCUT2D eigenvalue weighted by Crippen LogP contribution is -2.73. The SMILES string of the molecule is C=C(C)C(C(=O)OCc1ccc(OC)cc1)N1C(=O)[C@@H](NC(=O)Cc2ccccc2)[C@H]1SS(=O)(=O)c1ccccc1. The highest BCUT2D eigenvalue weighted by atomic mass is 33.1. The molecule has 1 heterocycles. The zero-order valence-electron chi connectivity index (χ0n) is 22.6. The monoisotopic (exact) mass is 594 g/mol. The van der Waals surface area contributed by atoms with Crippen molar-refractivity contribution in [2.45, 2.75) is 42.3 Å². The molecule has 0 aromatic heterocycles. The average molecular weight is 595 g/mol. The summed E-state index contributed by atoms with van der Waals surface area (Å²) in [6.45, 7) is 5.34. The highest BCUT2D eigenvalue weighted by Gasteiger charge is 2.55. The number of esters is 1. The molecule has 1 fully saturated rings. The average Bonchev–Trinajstić information content (AvgIpc) is 2.97. The molecule has 0 saturated carbocycles. The Hall–Kier alpha value is -4.09. The van der Waals surface area contributed by atoms with Crippen molar-refractivity contribution < 1.29 is 32.3 Å². The molecule has 3 atom stereocenters. The van der Waals surface area contributed by atoms with E-state index in [9.17, 15) is 22.8 Å². The molecule has 1 aliphatic heterocycles. The van der Waals surface area contributed by atoms with Gasteiger partial charge in [0.15, 0.2) is 6.04 Å². The third-order valence-electron chi connectivity index (χ3n) is 6.37. The highest BCUT2D eigenvalue weighted by molar-refractivity contribution is 8.72. The fraction of sp³-hybridized carbons (Fsp3) is 0.233. The van der Waals surface area contributed by atoms with Crippen LogP contribution in [0.4, 0.5) is 0 Å². The molecule has 1 aliphatic rings. The topological polar surface area (TPSA) is 119 Å². The van der Waals surface area contributed by atoms with Crippen molar-refractivity contribution in [1.29, 1.82) is 0 Å². The molecule has 3 aromatic carbocycles. The first-order valence-electron chi connectivity index (χ1n) is 12.7. The maximum absolute atomic E-state index is 13.4. The number of amides is 2. The largest absolute Gasteiger partial charge is 0.497 e. The molecular weight excluding hydrogens is 564 g/mol. The first-order valence-corrected chi connectivity index (χ1v) is 15.6. The molecule has 0 spiro atoms. The summed E-state index contributed by atoms with van der Waals surface area (Å²) in [4.78, 5) is 40.7. The van der Waals surface area contributed by atoms with Gasteiger partial charge in [-0.1, -0.05) is 67.2 Å². The molecule has 0 radical (unpaired) electrons. The molecule has 4 rings (SSSR count).